The largest absolute Gasteiger partial charge is 0.491 e. The third-order valence-electron chi connectivity index (χ3n) is 4.58. The van der Waals surface area contributed by atoms with Crippen molar-refractivity contribution in [3.05, 3.63) is 63.7 Å². The second-order valence-corrected chi connectivity index (χ2v) is 6.85. The number of hydrogen-bond acceptors (Lipinski definition) is 7. The molecule has 0 spiro atoms. The van der Waals surface area contributed by atoms with Crippen LogP contribution in [0.1, 0.15) is 28.8 Å². The second kappa shape index (κ2) is 9.84. The highest BCUT2D eigenvalue weighted by Crippen LogP contribution is 2.21. The molecule has 9 heteroatoms. The molecule has 0 saturated carbocycles. The molecule has 9 nitrogen and oxygen atoms in total. The molecule has 0 radical (unpaired) electrons. The van der Waals surface area contributed by atoms with E-state index in [0.717, 1.165) is 19.4 Å². The average molecular weight is 414 g/mol. The Morgan fingerprint density at radius 2 is 2.00 bits per heavy atom. The summed E-state index contributed by atoms with van der Waals surface area (Å²) in [4.78, 5) is 34.4. The maximum atomic E-state index is 12.1. The van der Waals surface area contributed by atoms with E-state index in [1.807, 2.05) is 0 Å². The van der Waals surface area contributed by atoms with Crippen LogP contribution in [0.3, 0.4) is 0 Å². The van der Waals surface area contributed by atoms with Crippen LogP contribution in [-0.2, 0) is 14.3 Å². The van der Waals surface area contributed by atoms with Crippen LogP contribution in [-0.4, -0.2) is 42.7 Å². The molecule has 1 N–H and O–H groups in total. The lowest BCUT2D eigenvalue weighted by Gasteiger charge is -2.12. The molecule has 0 aliphatic carbocycles. The number of rotatable bonds is 8. The number of nitro groups is 1. The van der Waals surface area contributed by atoms with Gasteiger partial charge in [0.1, 0.15) is 12.4 Å². The van der Waals surface area contributed by atoms with Gasteiger partial charge >= 0.3 is 5.97 Å². The molecule has 2 aromatic rings. The van der Waals surface area contributed by atoms with Crippen molar-refractivity contribution in [2.24, 2.45) is 0 Å². The Balaban J connectivity index is 1.46. The molecule has 0 unspecified atom stereocenters. The monoisotopic (exact) mass is 414 g/mol. The molecular formula is C21H22N2O7. The van der Waals surface area contributed by atoms with Gasteiger partial charge in [0.15, 0.2) is 6.61 Å². The van der Waals surface area contributed by atoms with E-state index in [1.165, 1.54) is 18.2 Å². The Bertz CT molecular complexity index is 921. The normalized spacial score (nSPS) is 15.4. The number of esters is 1. The first-order chi connectivity index (χ1) is 14.4. The second-order valence-electron chi connectivity index (χ2n) is 6.85. The van der Waals surface area contributed by atoms with Crippen molar-refractivity contribution in [3.8, 4) is 5.75 Å². The molecular weight excluding hydrogens is 392 g/mol. The quantitative estimate of drug-likeness (QED) is 0.400. The number of aryl methyl sites for hydroxylation is 1. The summed E-state index contributed by atoms with van der Waals surface area (Å²) in [5.41, 5.74) is 1.16. The fraction of sp³-hybridized carbons (Fsp3) is 0.333. The average Bonchev–Trinajstić information content (AvgIpc) is 3.26. The molecule has 30 heavy (non-hydrogen) atoms. The van der Waals surface area contributed by atoms with Crippen LogP contribution < -0.4 is 10.1 Å². The number of carbonyl (C=O) groups excluding carboxylic acids is 2. The summed E-state index contributed by atoms with van der Waals surface area (Å²) in [5.74, 6) is -0.568. The highest BCUT2D eigenvalue weighted by molar-refractivity contribution is 5.96. The third-order valence-corrected chi connectivity index (χ3v) is 4.58. The van der Waals surface area contributed by atoms with Crippen molar-refractivity contribution < 1.29 is 28.7 Å². The molecule has 1 atom stereocenters. The van der Waals surface area contributed by atoms with Crippen molar-refractivity contribution in [2.45, 2.75) is 25.9 Å². The Labute approximate surface area is 173 Å². The number of ether oxygens (including phenoxy) is 3. The van der Waals surface area contributed by atoms with E-state index in [0.29, 0.717) is 29.2 Å². The number of non-ortho nitro benzene ring substituents is 1. The van der Waals surface area contributed by atoms with Crippen LogP contribution in [0.4, 0.5) is 11.4 Å². The first-order valence-corrected chi connectivity index (χ1v) is 9.49. The number of nitrogens with zero attached hydrogens (tertiary/aromatic N) is 1. The fourth-order valence-electron chi connectivity index (χ4n) is 2.95. The van der Waals surface area contributed by atoms with Gasteiger partial charge in [-0.3, -0.25) is 14.9 Å². The van der Waals surface area contributed by atoms with E-state index < -0.39 is 23.4 Å². The molecule has 158 valence electrons. The molecule has 1 heterocycles. The maximum absolute atomic E-state index is 12.1. The Morgan fingerprint density at radius 1 is 1.23 bits per heavy atom. The predicted molar refractivity (Wildman–Crippen MR) is 108 cm³/mol. The molecule has 1 amide bonds. The van der Waals surface area contributed by atoms with Gasteiger partial charge in [0, 0.05) is 24.4 Å². The number of hydrogen-bond donors (Lipinski definition) is 1. The number of anilines is 1. The Hall–Kier alpha value is -3.46. The van der Waals surface area contributed by atoms with Gasteiger partial charge in [0.05, 0.1) is 16.6 Å². The van der Waals surface area contributed by atoms with E-state index in [1.54, 1.807) is 31.2 Å². The number of nitrogens with one attached hydrogen (secondary N) is 1. The molecule has 3 rings (SSSR count). The van der Waals surface area contributed by atoms with Gasteiger partial charge in [-0.1, -0.05) is 0 Å². The Kier molecular flexibility index (Phi) is 6.97. The van der Waals surface area contributed by atoms with E-state index in [4.69, 9.17) is 14.2 Å². The molecule has 1 aliphatic heterocycles. The maximum Gasteiger partial charge on any atom is 0.338 e. The minimum absolute atomic E-state index is 0.0693. The molecule has 1 aliphatic rings. The molecule has 2 aromatic carbocycles. The highest BCUT2D eigenvalue weighted by Gasteiger charge is 2.16. The summed E-state index contributed by atoms with van der Waals surface area (Å²) in [6.45, 7) is 2.38. The minimum atomic E-state index is -0.642. The summed E-state index contributed by atoms with van der Waals surface area (Å²) < 4.78 is 16.2. The van der Waals surface area contributed by atoms with Crippen LogP contribution in [0, 0.1) is 17.0 Å². The van der Waals surface area contributed by atoms with Crippen molar-refractivity contribution in [2.75, 3.05) is 25.1 Å². The lowest BCUT2D eigenvalue weighted by Crippen LogP contribution is -2.21. The van der Waals surface area contributed by atoms with E-state index in [-0.39, 0.29) is 11.8 Å². The van der Waals surface area contributed by atoms with E-state index in [9.17, 15) is 19.7 Å². The summed E-state index contributed by atoms with van der Waals surface area (Å²) in [7, 11) is 0. The molecule has 0 bridgehead atoms. The van der Waals surface area contributed by atoms with Crippen LogP contribution >= 0.6 is 0 Å². The minimum Gasteiger partial charge on any atom is -0.491 e. The molecule has 1 saturated heterocycles. The van der Waals surface area contributed by atoms with Gasteiger partial charge in [0.25, 0.3) is 11.6 Å². The van der Waals surface area contributed by atoms with Crippen molar-refractivity contribution in [3.63, 3.8) is 0 Å². The van der Waals surface area contributed by atoms with Gasteiger partial charge in [0.2, 0.25) is 0 Å². The smallest absolute Gasteiger partial charge is 0.338 e. The first kappa shape index (κ1) is 21.3. The topological polar surface area (TPSA) is 117 Å². The van der Waals surface area contributed by atoms with Gasteiger partial charge < -0.3 is 19.5 Å². The predicted octanol–water partition coefficient (Wildman–Crippen LogP) is 3.26. The third kappa shape index (κ3) is 5.77. The summed E-state index contributed by atoms with van der Waals surface area (Å²) in [5, 5.41) is 13.3. The summed E-state index contributed by atoms with van der Waals surface area (Å²) in [6.07, 6.45) is 2.12. The number of benzene rings is 2. The van der Waals surface area contributed by atoms with Crippen LogP contribution in [0.2, 0.25) is 0 Å². The summed E-state index contributed by atoms with van der Waals surface area (Å²) >= 11 is 0. The van der Waals surface area contributed by atoms with Crippen molar-refractivity contribution >= 4 is 23.3 Å². The SMILES string of the molecule is Cc1cc([N+](=O)[O-])ccc1NC(=O)COC(=O)c1ccc(OC[C@H]2CCCO2)cc1. The van der Waals surface area contributed by atoms with E-state index >= 15 is 0 Å². The van der Waals surface area contributed by atoms with Gasteiger partial charge in [-0.25, -0.2) is 4.79 Å². The van der Waals surface area contributed by atoms with Gasteiger partial charge in [-0.05, 0) is 55.7 Å². The van der Waals surface area contributed by atoms with Crippen molar-refractivity contribution in [1.29, 1.82) is 0 Å². The van der Waals surface area contributed by atoms with Gasteiger partial charge in [-0.2, -0.15) is 0 Å². The van der Waals surface area contributed by atoms with E-state index in [2.05, 4.69) is 5.32 Å². The van der Waals surface area contributed by atoms with Gasteiger partial charge in [-0.15, -0.1) is 0 Å². The van der Waals surface area contributed by atoms with Crippen LogP contribution in [0.25, 0.3) is 0 Å². The zero-order chi connectivity index (χ0) is 21.5. The lowest BCUT2D eigenvalue weighted by molar-refractivity contribution is -0.384. The first-order valence-electron chi connectivity index (χ1n) is 9.49. The number of nitro benzene ring substituents is 1. The molecule has 1 fully saturated rings. The highest BCUT2D eigenvalue weighted by atomic mass is 16.6. The fourth-order valence-corrected chi connectivity index (χ4v) is 2.95. The standard InChI is InChI=1S/C21H22N2O7/c1-14-11-16(23(26)27)6-9-19(14)22-20(24)13-30-21(25)15-4-7-17(8-5-15)29-12-18-3-2-10-28-18/h4-9,11,18H,2-3,10,12-13H2,1H3,(H,22,24)/t18-/m1/s1. The van der Waals surface area contributed by atoms with Crippen molar-refractivity contribution in [1.82, 2.24) is 0 Å². The number of amides is 1. The number of carbonyl (C=O) groups is 2. The van der Waals surface area contributed by atoms with Crippen LogP contribution in [0.15, 0.2) is 42.5 Å². The lowest BCUT2D eigenvalue weighted by atomic mass is 10.2. The zero-order valence-corrected chi connectivity index (χ0v) is 16.5. The molecule has 0 aromatic heterocycles. The zero-order valence-electron chi connectivity index (χ0n) is 16.5. The summed E-state index contributed by atoms with van der Waals surface area (Å²) in [6, 6.07) is 10.5. The Morgan fingerprint density at radius 3 is 2.63 bits per heavy atom. The van der Waals surface area contributed by atoms with Crippen LogP contribution in [0.5, 0.6) is 5.75 Å².